The lowest BCUT2D eigenvalue weighted by molar-refractivity contribution is -0.903. The molecule has 1 aliphatic rings. The van der Waals surface area contributed by atoms with Gasteiger partial charge in [0.1, 0.15) is 49.2 Å². The zero-order valence-corrected chi connectivity index (χ0v) is 85.6. The highest BCUT2D eigenvalue weighted by Crippen LogP contribution is 2.57. The minimum atomic E-state index is -1.75. The molecule has 8 bridgehead atoms. The zero-order chi connectivity index (χ0) is 103. The molecule has 0 fully saturated rings. The largest absolute Gasteiger partial charge is 0.481 e. The maximum absolute atomic E-state index is 14.6. The Morgan fingerprint density at radius 2 is 0.460 bits per heavy atom. The molecule has 1 heterocycles. The van der Waals surface area contributed by atoms with E-state index in [9.17, 15) is 24.0 Å². The van der Waals surface area contributed by atoms with Gasteiger partial charge in [0.15, 0.2) is 26.4 Å². The Balaban J connectivity index is 0.00000169. The Kier molecular flexibility index (Phi) is 47.8. The van der Waals surface area contributed by atoms with Crippen LogP contribution in [0.2, 0.25) is 0 Å². The molecule has 8 aromatic carbocycles. The molecule has 1 aliphatic heterocycles. The molecule has 0 atom stereocenters. The fourth-order valence-corrected chi connectivity index (χ4v) is 18.8. The number of carboxylic acid groups (broad SMARTS) is 1. The van der Waals surface area contributed by atoms with Gasteiger partial charge in [-0.25, -0.2) is 0 Å². The Morgan fingerprint density at radius 3 is 0.591 bits per heavy atom. The van der Waals surface area contributed by atoms with Crippen molar-refractivity contribution in [1.29, 1.82) is 0 Å². The van der Waals surface area contributed by atoms with Gasteiger partial charge >= 0.3 is 5.97 Å². The molecule has 0 spiro atoms. The van der Waals surface area contributed by atoms with E-state index in [1.54, 1.807) is 0 Å². The summed E-state index contributed by atoms with van der Waals surface area (Å²) in [5.74, 6) is -0.131. The molecular weight excluding hydrogens is 1840 g/mol. The maximum atomic E-state index is 14.6. The second-order valence-corrected chi connectivity index (χ2v) is 43.6. The van der Waals surface area contributed by atoms with Crippen LogP contribution in [0.4, 0.5) is 0 Å². The van der Waals surface area contributed by atoms with Crippen LogP contribution in [0.5, 0.6) is 23.0 Å². The van der Waals surface area contributed by atoms with Crippen molar-refractivity contribution in [3.05, 3.63) is 276 Å². The Hall–Kier alpha value is -11.7. The fraction of sp³-hybridized carbons (Fsp3) is 0.459. The molecule has 35 nitrogen and oxygen atoms in total. The van der Waals surface area contributed by atoms with Gasteiger partial charge in [-0.05, 0) is 92.4 Å². The number of benzene rings is 8. The Morgan fingerprint density at radius 1 is 0.314 bits per heavy atom. The molecule has 750 valence electrons. The summed E-state index contributed by atoms with van der Waals surface area (Å²) in [6, 6.07) is 59.3. The smallest absolute Gasteiger partial charge is 0.317 e. The minimum Gasteiger partial charge on any atom is -0.481 e. The molecule has 9 rings (SSSR count). The SMILES string of the molecule is CC(C)(C)c1cc2c(OCC(=O)NCCC[N+](C)(C)Cc3ccccc3)c(c1)Sc1cc(C(C)(C)C)cc(c1OCC(=O)NCCC[N+](C)(C)Cc1ccccc1)Sc1cc(C(C)(C)C)cc(c1OCC(=O)NCCC[N+](C)(C)Cc1ccccc1)Sc1cc(C(C)(C)C)cc(c1OCC(=O)NCCC[N+](C)(C)Cc1ccccc1)S2.NCC(=O)O.O=[N+]([O-])[O-].O=[N+]([O-])[O-].O=[N+]([O-])[O-].O=[N+]([O-])[O-]. The number of carbonyl (C=O) groups is 5. The second kappa shape index (κ2) is 55.6. The lowest BCUT2D eigenvalue weighted by Crippen LogP contribution is -2.41. The number of amides is 4. The lowest BCUT2D eigenvalue weighted by atomic mass is 9.87. The van der Waals surface area contributed by atoms with Crippen molar-refractivity contribution in [2.75, 3.05) is 142 Å². The first-order chi connectivity index (χ1) is 63.8. The van der Waals surface area contributed by atoms with Gasteiger partial charge in [-0.1, -0.05) is 251 Å². The zero-order valence-electron chi connectivity index (χ0n) is 82.3. The average Bonchev–Trinajstić information content (AvgIpc) is 0.757. The first-order valence-electron chi connectivity index (χ1n) is 44.4. The third kappa shape index (κ3) is 47.3. The summed E-state index contributed by atoms with van der Waals surface area (Å²) in [6.45, 7) is 33.5. The van der Waals surface area contributed by atoms with E-state index in [4.69, 9.17) is 85.3 Å². The fourth-order valence-electron chi connectivity index (χ4n) is 14.0. The number of quaternary nitrogens is 4. The number of aliphatic carboxylic acids is 1. The lowest BCUT2D eigenvalue weighted by Gasteiger charge is -2.30. The summed E-state index contributed by atoms with van der Waals surface area (Å²) in [6.07, 6.45) is 3.01. The number of nitrogens with zero attached hydrogens (tertiary/aromatic N) is 8. The third-order valence-electron chi connectivity index (χ3n) is 20.9. The van der Waals surface area contributed by atoms with Crippen molar-refractivity contribution in [1.82, 2.24) is 21.3 Å². The van der Waals surface area contributed by atoms with Crippen LogP contribution in [-0.4, -0.2) is 215 Å². The van der Waals surface area contributed by atoms with Gasteiger partial charge in [-0.3, -0.25) is 24.0 Å². The van der Waals surface area contributed by atoms with E-state index in [0.29, 0.717) is 88.3 Å². The van der Waals surface area contributed by atoms with E-state index < -0.39 is 48.0 Å². The standard InChI is InChI=1S/C96H128N8O8S4.C2H5NO2.4NO3/c1-93(2,3)73-53-77-89(109-65-85(105)97-45-33-49-101(13,14)61-69-37-25-21-26-38-69)78(54-73)114-80-56-75(95(7,8)9)58-82(91(80)111-67-87(107)99-47-35-51-103(17,18)63-71-41-29-23-30-42-71)116-84-60-76(96(10,11)12)59-83(92(84)112-68-88(108)100-48-36-52-104(19,20)64-72-43-31-24-32-44-72)115-81-57-74(94(4,5)6)55-79(113-77)90(81)110-66-86(106)98-46-34-50-102(15,16)62-70-39-27-22-28-40-70;3-1-2(4)5;4*2-1(3)4/h21-32,37-44,53-60H,33-36,45-52,61-68H2,1-20H3;1,3H2,(H,4,5);;;;/q;;4*-1/p+4. The average molecular weight is 1980 g/mol. The number of nitrogens with two attached hydrogens (primary N) is 1. The molecule has 0 aromatic heterocycles. The van der Waals surface area contributed by atoms with Crippen molar-refractivity contribution < 1.29 is 86.3 Å². The highest BCUT2D eigenvalue weighted by atomic mass is 32.2. The molecule has 39 heteroatoms. The molecule has 0 unspecified atom stereocenters. The number of ether oxygens (including phenoxy) is 4. The van der Waals surface area contributed by atoms with E-state index in [1.807, 2.05) is 24.3 Å². The van der Waals surface area contributed by atoms with E-state index in [2.05, 4.69) is 312 Å². The number of fused-ring (bicyclic) bond motifs is 8. The van der Waals surface area contributed by atoms with Gasteiger partial charge in [0.2, 0.25) is 0 Å². The van der Waals surface area contributed by atoms with Crippen LogP contribution < -0.4 is 45.9 Å². The summed E-state index contributed by atoms with van der Waals surface area (Å²) in [4.78, 5) is 106. The van der Waals surface area contributed by atoms with Gasteiger partial charge in [0, 0.05) is 74.1 Å². The highest BCUT2D eigenvalue weighted by Gasteiger charge is 2.33. The Bertz CT molecular complexity index is 4500. The molecule has 0 radical (unpaired) electrons. The van der Waals surface area contributed by atoms with Gasteiger partial charge in [-0.2, -0.15) is 0 Å². The molecule has 0 saturated heterocycles. The van der Waals surface area contributed by atoms with Crippen LogP contribution in [0.25, 0.3) is 0 Å². The van der Waals surface area contributed by atoms with E-state index in [-0.39, 0.29) is 56.6 Å². The summed E-state index contributed by atoms with van der Waals surface area (Å²) >= 11 is 5.89. The first kappa shape index (κ1) is 118. The Labute approximate surface area is 821 Å². The van der Waals surface area contributed by atoms with Crippen LogP contribution in [0.1, 0.15) is 153 Å². The van der Waals surface area contributed by atoms with Crippen molar-refractivity contribution >= 4 is 76.6 Å². The van der Waals surface area contributed by atoms with E-state index in [1.165, 1.54) is 69.3 Å². The van der Waals surface area contributed by atoms with Gasteiger partial charge in [-0.15, -0.1) is 0 Å². The number of rotatable bonds is 37. The number of carbonyl (C=O) groups excluding carboxylic acids is 4. The normalized spacial score (nSPS) is 12.0. The predicted molar refractivity (Wildman–Crippen MR) is 536 cm³/mol. The van der Waals surface area contributed by atoms with Crippen LogP contribution in [0.15, 0.2) is 209 Å². The van der Waals surface area contributed by atoms with Gasteiger partial charge in [0.25, 0.3) is 23.6 Å². The van der Waals surface area contributed by atoms with Crippen molar-refractivity contribution in [2.24, 2.45) is 5.73 Å². The molecule has 0 aliphatic carbocycles. The quantitative estimate of drug-likeness (QED) is 0.00911. The third-order valence-corrected chi connectivity index (χ3v) is 25.0. The van der Waals surface area contributed by atoms with Crippen LogP contribution in [-0.2, 0) is 71.8 Å². The van der Waals surface area contributed by atoms with Crippen LogP contribution in [0.3, 0.4) is 0 Å². The summed E-state index contributed by atoms with van der Waals surface area (Å²) in [5.41, 5.74) is 11.9. The van der Waals surface area contributed by atoms with Crippen LogP contribution in [0, 0.1) is 61.3 Å². The second-order valence-electron chi connectivity index (χ2n) is 39.3. The molecule has 7 N–H and O–H groups in total. The maximum Gasteiger partial charge on any atom is 0.317 e. The molecule has 4 amide bonds. The van der Waals surface area contributed by atoms with Crippen LogP contribution >= 0.6 is 47.0 Å². The number of nitrogens with one attached hydrogen (secondary N) is 4. The number of hydrogen-bond acceptors (Lipinski definition) is 26. The van der Waals surface area contributed by atoms with E-state index in [0.717, 1.165) is 118 Å². The van der Waals surface area contributed by atoms with Crippen molar-refractivity contribution in [3.63, 3.8) is 0 Å². The summed E-state index contributed by atoms with van der Waals surface area (Å²) in [7, 11) is 17.7. The summed E-state index contributed by atoms with van der Waals surface area (Å²) < 4.78 is 31.6. The monoisotopic (exact) mass is 1980 g/mol. The summed E-state index contributed by atoms with van der Waals surface area (Å²) in [5, 5.41) is 79.4. The molecule has 0 saturated carbocycles. The first-order valence-corrected chi connectivity index (χ1v) is 47.7. The van der Waals surface area contributed by atoms with Crippen molar-refractivity contribution in [2.45, 2.75) is 196 Å². The number of carboxylic acids is 1. The van der Waals surface area contributed by atoms with E-state index >= 15 is 0 Å². The topological polar surface area (TPSA) is 481 Å². The minimum absolute atomic E-state index is 0.263. The highest BCUT2D eigenvalue weighted by molar-refractivity contribution is 8.01. The van der Waals surface area contributed by atoms with Gasteiger partial charge < -0.3 is 130 Å². The molecule has 8 aromatic rings. The predicted octanol–water partition coefficient (Wildman–Crippen LogP) is 16.5. The molecular formula is C98H137N13O22S4. The van der Waals surface area contributed by atoms with Gasteiger partial charge in [0.05, 0.1) is 149 Å². The van der Waals surface area contributed by atoms with Crippen molar-refractivity contribution in [3.8, 4) is 23.0 Å². The number of hydrogen-bond donors (Lipinski definition) is 6. The molecule has 137 heavy (non-hydrogen) atoms.